The molecule has 0 aliphatic carbocycles. The molecule has 2 rings (SSSR count). The third kappa shape index (κ3) is 3.11. The van der Waals surface area contributed by atoms with Gasteiger partial charge in [0.25, 0.3) is 0 Å². The lowest BCUT2D eigenvalue weighted by Crippen LogP contribution is -2.30. The van der Waals surface area contributed by atoms with Crippen LogP contribution in [0.1, 0.15) is 48.0 Å². The van der Waals surface area contributed by atoms with Crippen molar-refractivity contribution in [3.05, 3.63) is 16.0 Å². The Hall–Kier alpha value is -1.40. The summed E-state index contributed by atoms with van der Waals surface area (Å²) in [6, 6.07) is 0. The van der Waals surface area contributed by atoms with Crippen LogP contribution in [0.25, 0.3) is 0 Å². The van der Waals surface area contributed by atoms with Crippen molar-refractivity contribution in [2.24, 2.45) is 5.41 Å². The van der Waals surface area contributed by atoms with Crippen LogP contribution >= 0.6 is 11.3 Å². The van der Waals surface area contributed by atoms with Crippen molar-refractivity contribution < 1.29 is 14.3 Å². The summed E-state index contributed by atoms with van der Waals surface area (Å²) in [4.78, 5) is 25.6. The molecule has 21 heavy (non-hydrogen) atoms. The minimum atomic E-state index is -0.462. The highest BCUT2D eigenvalue weighted by atomic mass is 32.1. The van der Waals surface area contributed by atoms with Crippen molar-refractivity contribution in [3.63, 3.8) is 0 Å². The van der Waals surface area contributed by atoms with E-state index in [0.29, 0.717) is 10.6 Å². The van der Waals surface area contributed by atoms with E-state index in [1.54, 1.807) is 0 Å². The molecule has 0 radical (unpaired) electrons. The van der Waals surface area contributed by atoms with E-state index in [1.807, 2.05) is 20.8 Å². The summed E-state index contributed by atoms with van der Waals surface area (Å²) in [6.07, 6.45) is 1.52. The van der Waals surface area contributed by atoms with Gasteiger partial charge in [-0.1, -0.05) is 20.8 Å². The Balaban J connectivity index is 2.37. The maximum absolute atomic E-state index is 12.4. The van der Waals surface area contributed by atoms with Crippen LogP contribution in [0.5, 0.6) is 0 Å². The zero-order valence-electron chi connectivity index (χ0n) is 13.0. The third-order valence-corrected chi connectivity index (χ3v) is 5.19. The first-order valence-electron chi connectivity index (χ1n) is 7.15. The Kier molecular flexibility index (Phi) is 4.68. The second-order valence-corrected chi connectivity index (χ2v) is 6.92. The van der Waals surface area contributed by atoms with E-state index in [-0.39, 0.29) is 11.9 Å². The molecule has 2 heterocycles. The van der Waals surface area contributed by atoms with E-state index in [1.165, 1.54) is 18.4 Å². The molecule has 0 aromatic carbocycles. The largest absolute Gasteiger partial charge is 0.465 e. The molecule has 1 aliphatic rings. The Labute approximate surface area is 129 Å². The summed E-state index contributed by atoms with van der Waals surface area (Å²) in [5.74, 6) is -0.444. The highest BCUT2D eigenvalue weighted by Crippen LogP contribution is 2.37. The molecule has 5 nitrogen and oxygen atoms in total. The van der Waals surface area contributed by atoms with Crippen molar-refractivity contribution in [3.8, 4) is 0 Å². The van der Waals surface area contributed by atoms with Gasteiger partial charge in [-0.2, -0.15) is 0 Å². The van der Waals surface area contributed by atoms with Crippen LogP contribution in [0.2, 0.25) is 0 Å². The summed E-state index contributed by atoms with van der Waals surface area (Å²) in [7, 11) is 1.37. The first kappa shape index (κ1) is 16.0. The van der Waals surface area contributed by atoms with Crippen LogP contribution in [0.4, 0.5) is 5.00 Å². The zero-order chi connectivity index (χ0) is 15.6. The molecule has 0 atom stereocenters. The van der Waals surface area contributed by atoms with Crippen molar-refractivity contribution in [1.29, 1.82) is 0 Å². The van der Waals surface area contributed by atoms with Gasteiger partial charge in [-0.25, -0.2) is 4.79 Å². The van der Waals surface area contributed by atoms with Crippen LogP contribution in [0.15, 0.2) is 0 Å². The number of nitrogens with one attached hydrogen (secondary N) is 2. The lowest BCUT2D eigenvalue weighted by molar-refractivity contribution is -0.124. The number of amides is 1. The number of carbonyl (C=O) groups is 2. The Bertz CT molecular complexity index is 564. The average Bonchev–Trinajstić information content (AvgIpc) is 2.84. The number of carbonyl (C=O) groups excluding carboxylic acids is 2. The fourth-order valence-corrected chi connectivity index (χ4v) is 3.37. The lowest BCUT2D eigenvalue weighted by atomic mass is 9.89. The molecule has 1 amide bonds. The van der Waals surface area contributed by atoms with Gasteiger partial charge in [0.1, 0.15) is 5.00 Å². The van der Waals surface area contributed by atoms with Crippen molar-refractivity contribution >= 4 is 28.2 Å². The highest BCUT2D eigenvalue weighted by molar-refractivity contribution is 7.17. The molecule has 2 N–H and O–H groups in total. The van der Waals surface area contributed by atoms with Gasteiger partial charge in [-0.3, -0.25) is 4.79 Å². The Morgan fingerprint density at radius 1 is 1.43 bits per heavy atom. The second-order valence-electron chi connectivity index (χ2n) is 5.82. The van der Waals surface area contributed by atoms with Gasteiger partial charge in [0.2, 0.25) is 5.91 Å². The second kappa shape index (κ2) is 6.15. The van der Waals surface area contributed by atoms with E-state index in [4.69, 9.17) is 4.74 Å². The summed E-state index contributed by atoms with van der Waals surface area (Å²) < 4.78 is 4.89. The maximum atomic E-state index is 12.4. The van der Waals surface area contributed by atoms with Gasteiger partial charge in [-0.15, -0.1) is 11.3 Å². The topological polar surface area (TPSA) is 67.4 Å². The van der Waals surface area contributed by atoms with Gasteiger partial charge >= 0.3 is 5.97 Å². The van der Waals surface area contributed by atoms with Crippen LogP contribution in [-0.4, -0.2) is 25.5 Å². The quantitative estimate of drug-likeness (QED) is 0.839. The molecule has 0 fully saturated rings. The lowest BCUT2D eigenvalue weighted by Gasteiger charge is -2.21. The van der Waals surface area contributed by atoms with E-state index in [2.05, 4.69) is 10.6 Å². The summed E-state index contributed by atoms with van der Waals surface area (Å²) >= 11 is 1.47. The monoisotopic (exact) mass is 310 g/mol. The van der Waals surface area contributed by atoms with E-state index in [9.17, 15) is 9.59 Å². The fraction of sp³-hybridized carbons (Fsp3) is 0.600. The molecule has 6 heteroatoms. The Morgan fingerprint density at radius 2 is 2.14 bits per heavy atom. The molecule has 116 valence electrons. The SMILES string of the molecule is CCC(C)(C)C(=O)Nc1sc2c(c1C(=O)OC)CCNC2. The average molecular weight is 310 g/mol. The van der Waals surface area contributed by atoms with Crippen LogP contribution in [0, 0.1) is 5.41 Å². The molecule has 1 aromatic heterocycles. The number of thiophene rings is 1. The smallest absolute Gasteiger partial charge is 0.341 e. The number of rotatable bonds is 4. The molecule has 0 saturated heterocycles. The first-order valence-corrected chi connectivity index (χ1v) is 7.97. The van der Waals surface area contributed by atoms with Gasteiger partial charge in [0, 0.05) is 16.8 Å². The molecule has 1 aromatic rings. The molecule has 0 spiro atoms. The standard InChI is InChI=1S/C15H22N2O3S/c1-5-15(2,3)14(19)17-12-11(13(18)20-4)9-6-7-16-8-10(9)21-12/h16H,5-8H2,1-4H3,(H,17,19). The highest BCUT2D eigenvalue weighted by Gasteiger charge is 2.30. The summed E-state index contributed by atoms with van der Waals surface area (Å²) in [6.45, 7) is 7.34. The van der Waals surface area contributed by atoms with Gasteiger partial charge < -0.3 is 15.4 Å². The summed E-state index contributed by atoms with van der Waals surface area (Å²) in [5, 5.41) is 6.82. The number of fused-ring (bicyclic) bond motifs is 1. The molecular weight excluding hydrogens is 288 g/mol. The van der Waals surface area contributed by atoms with Gasteiger partial charge in [0.05, 0.1) is 12.7 Å². The summed E-state index contributed by atoms with van der Waals surface area (Å²) in [5.41, 5.74) is 1.07. The maximum Gasteiger partial charge on any atom is 0.341 e. The molecular formula is C15H22N2O3S. The van der Waals surface area contributed by atoms with Crippen molar-refractivity contribution in [2.75, 3.05) is 19.0 Å². The minimum absolute atomic E-state index is 0.0679. The van der Waals surface area contributed by atoms with E-state index in [0.717, 1.165) is 36.4 Å². The van der Waals surface area contributed by atoms with Crippen LogP contribution in [0.3, 0.4) is 0 Å². The van der Waals surface area contributed by atoms with Crippen molar-refractivity contribution in [1.82, 2.24) is 5.32 Å². The number of hydrogen-bond donors (Lipinski definition) is 2. The normalized spacial score (nSPS) is 14.5. The number of esters is 1. The van der Waals surface area contributed by atoms with E-state index >= 15 is 0 Å². The number of ether oxygens (including phenoxy) is 1. The molecule has 0 bridgehead atoms. The molecule has 0 unspecified atom stereocenters. The molecule has 0 saturated carbocycles. The Morgan fingerprint density at radius 3 is 2.76 bits per heavy atom. The predicted octanol–water partition coefficient (Wildman–Crippen LogP) is 2.56. The fourth-order valence-electron chi connectivity index (χ4n) is 2.17. The molecule has 1 aliphatic heterocycles. The van der Waals surface area contributed by atoms with Crippen LogP contribution < -0.4 is 10.6 Å². The first-order chi connectivity index (χ1) is 9.90. The third-order valence-electron chi connectivity index (χ3n) is 4.04. The van der Waals surface area contributed by atoms with Gasteiger partial charge in [0.15, 0.2) is 0 Å². The van der Waals surface area contributed by atoms with Crippen molar-refractivity contribution in [2.45, 2.75) is 40.2 Å². The minimum Gasteiger partial charge on any atom is -0.465 e. The van der Waals surface area contributed by atoms with Gasteiger partial charge in [-0.05, 0) is 24.9 Å². The number of methoxy groups -OCH3 is 1. The number of hydrogen-bond acceptors (Lipinski definition) is 5. The number of anilines is 1. The van der Waals surface area contributed by atoms with E-state index < -0.39 is 5.41 Å². The van der Waals surface area contributed by atoms with Crippen LogP contribution in [-0.2, 0) is 22.5 Å². The predicted molar refractivity (Wildman–Crippen MR) is 83.8 cm³/mol. The zero-order valence-corrected chi connectivity index (χ0v) is 13.8.